The molecule has 0 unspecified atom stereocenters. The molecule has 0 aliphatic rings. The lowest BCUT2D eigenvalue weighted by Gasteiger charge is -2.02. The van der Waals surface area contributed by atoms with Gasteiger partial charge in [0.2, 0.25) is 0 Å². The summed E-state index contributed by atoms with van der Waals surface area (Å²) in [6, 6.07) is 0.997. The standard InChI is InChI=1S/C8H11F3N2S/c1-2-14-6-5-13-4-3-7(12-13)8(9,10)11/h3-4H,2,5-6H2,1H3. The molecule has 0 aromatic carbocycles. The fourth-order valence-electron chi connectivity index (χ4n) is 0.940. The molecule has 0 saturated heterocycles. The van der Waals surface area contributed by atoms with Gasteiger partial charge in [-0.3, -0.25) is 4.68 Å². The number of nitrogens with zero attached hydrogens (tertiary/aromatic N) is 2. The third kappa shape index (κ3) is 3.25. The van der Waals surface area contributed by atoms with Crippen LogP contribution in [0.4, 0.5) is 13.2 Å². The van der Waals surface area contributed by atoms with Crippen molar-refractivity contribution >= 4 is 11.8 Å². The van der Waals surface area contributed by atoms with Gasteiger partial charge in [0.05, 0.1) is 0 Å². The van der Waals surface area contributed by atoms with Gasteiger partial charge in [-0.2, -0.15) is 30.0 Å². The Balaban J connectivity index is 2.51. The van der Waals surface area contributed by atoms with Gasteiger partial charge < -0.3 is 0 Å². The molecule has 2 nitrogen and oxygen atoms in total. The summed E-state index contributed by atoms with van der Waals surface area (Å²) in [5, 5.41) is 3.43. The van der Waals surface area contributed by atoms with Crippen molar-refractivity contribution in [3.63, 3.8) is 0 Å². The van der Waals surface area contributed by atoms with Crippen LogP contribution in [-0.4, -0.2) is 21.3 Å². The highest BCUT2D eigenvalue weighted by molar-refractivity contribution is 7.99. The molecule has 14 heavy (non-hydrogen) atoms. The molecule has 0 atom stereocenters. The number of rotatable bonds is 4. The van der Waals surface area contributed by atoms with Gasteiger partial charge in [-0.1, -0.05) is 6.92 Å². The van der Waals surface area contributed by atoms with Gasteiger partial charge in [-0.15, -0.1) is 0 Å². The Hall–Kier alpha value is -0.650. The molecule has 0 fully saturated rings. The van der Waals surface area contributed by atoms with Gasteiger partial charge >= 0.3 is 6.18 Å². The topological polar surface area (TPSA) is 17.8 Å². The van der Waals surface area contributed by atoms with E-state index < -0.39 is 11.9 Å². The molecule has 0 aliphatic heterocycles. The van der Waals surface area contributed by atoms with Crippen LogP contribution in [-0.2, 0) is 12.7 Å². The maximum absolute atomic E-state index is 12.1. The maximum Gasteiger partial charge on any atom is 0.435 e. The second-order valence-corrected chi connectivity index (χ2v) is 4.05. The Kier molecular flexibility index (Phi) is 3.86. The molecule has 1 heterocycles. The molecule has 0 aliphatic carbocycles. The first kappa shape index (κ1) is 11.4. The summed E-state index contributed by atoms with van der Waals surface area (Å²) in [5.74, 6) is 1.75. The SMILES string of the molecule is CCSCCn1ccc(C(F)(F)F)n1. The van der Waals surface area contributed by atoms with Crippen LogP contribution in [0.15, 0.2) is 12.3 Å². The molecule has 80 valence electrons. The smallest absolute Gasteiger partial charge is 0.271 e. The maximum atomic E-state index is 12.1. The average molecular weight is 224 g/mol. The minimum absolute atomic E-state index is 0.522. The van der Waals surface area contributed by atoms with E-state index in [1.54, 1.807) is 11.8 Å². The minimum atomic E-state index is -4.33. The number of thioether (sulfide) groups is 1. The van der Waals surface area contributed by atoms with Crippen LogP contribution in [0.3, 0.4) is 0 Å². The van der Waals surface area contributed by atoms with Crippen molar-refractivity contribution in [2.75, 3.05) is 11.5 Å². The molecule has 1 aromatic rings. The zero-order valence-electron chi connectivity index (χ0n) is 7.71. The summed E-state index contributed by atoms with van der Waals surface area (Å²) in [6.45, 7) is 2.53. The van der Waals surface area contributed by atoms with Crippen molar-refractivity contribution in [1.82, 2.24) is 9.78 Å². The molecule has 1 aromatic heterocycles. The van der Waals surface area contributed by atoms with E-state index in [0.717, 1.165) is 17.6 Å². The number of halogens is 3. The number of alkyl halides is 3. The first-order valence-electron chi connectivity index (χ1n) is 4.22. The number of aromatic nitrogens is 2. The van der Waals surface area contributed by atoms with Gasteiger partial charge in [0.15, 0.2) is 5.69 Å². The fraction of sp³-hybridized carbons (Fsp3) is 0.625. The van der Waals surface area contributed by atoms with E-state index in [1.807, 2.05) is 6.92 Å². The molecule has 1 rings (SSSR count). The number of aryl methyl sites for hydroxylation is 1. The van der Waals surface area contributed by atoms with E-state index >= 15 is 0 Å². The molecule has 0 saturated carbocycles. The first-order chi connectivity index (χ1) is 6.54. The zero-order chi connectivity index (χ0) is 10.6. The van der Waals surface area contributed by atoms with Crippen molar-refractivity contribution in [3.05, 3.63) is 18.0 Å². The van der Waals surface area contributed by atoms with E-state index in [0.29, 0.717) is 6.54 Å². The summed E-state index contributed by atoms with van der Waals surface area (Å²) in [6.07, 6.45) is -2.97. The van der Waals surface area contributed by atoms with E-state index in [-0.39, 0.29) is 0 Å². The average Bonchev–Trinajstić information content (AvgIpc) is 2.52. The van der Waals surface area contributed by atoms with Crippen molar-refractivity contribution in [2.45, 2.75) is 19.6 Å². The highest BCUT2D eigenvalue weighted by Gasteiger charge is 2.33. The Labute approximate surface area is 84.5 Å². The van der Waals surface area contributed by atoms with Crippen molar-refractivity contribution in [3.8, 4) is 0 Å². The zero-order valence-corrected chi connectivity index (χ0v) is 8.53. The predicted octanol–water partition coefficient (Wildman–Crippen LogP) is 2.66. The molecule has 0 amide bonds. The molecule has 0 spiro atoms. The van der Waals surface area contributed by atoms with Crippen LogP contribution in [0, 0.1) is 0 Å². The summed E-state index contributed by atoms with van der Waals surface area (Å²) in [5.41, 5.74) is -0.820. The predicted molar refractivity (Wildman–Crippen MR) is 50.2 cm³/mol. The minimum Gasteiger partial charge on any atom is -0.271 e. The highest BCUT2D eigenvalue weighted by atomic mass is 32.2. The number of hydrogen-bond donors (Lipinski definition) is 0. The normalized spacial score (nSPS) is 12.0. The summed E-state index contributed by atoms with van der Waals surface area (Å²) in [7, 11) is 0. The third-order valence-corrected chi connectivity index (χ3v) is 2.48. The third-order valence-electron chi connectivity index (χ3n) is 1.60. The second kappa shape index (κ2) is 4.72. The Bertz CT molecular complexity index is 282. The summed E-state index contributed by atoms with van der Waals surface area (Å²) >= 11 is 1.68. The lowest BCUT2D eigenvalue weighted by Crippen LogP contribution is -2.08. The van der Waals surface area contributed by atoms with Gasteiger partial charge in [0, 0.05) is 18.5 Å². The highest BCUT2D eigenvalue weighted by Crippen LogP contribution is 2.27. The Morgan fingerprint density at radius 3 is 2.71 bits per heavy atom. The quantitative estimate of drug-likeness (QED) is 0.732. The number of hydrogen-bond acceptors (Lipinski definition) is 2. The van der Waals surface area contributed by atoms with Crippen LogP contribution in [0.1, 0.15) is 12.6 Å². The summed E-state index contributed by atoms with van der Waals surface area (Å²) < 4.78 is 37.7. The van der Waals surface area contributed by atoms with Crippen LogP contribution < -0.4 is 0 Å². The van der Waals surface area contributed by atoms with Crippen molar-refractivity contribution < 1.29 is 13.2 Å². The molecular formula is C8H11F3N2S. The van der Waals surface area contributed by atoms with Gasteiger partial charge in [-0.05, 0) is 11.8 Å². The van der Waals surface area contributed by atoms with Gasteiger partial charge in [-0.25, -0.2) is 0 Å². The Morgan fingerprint density at radius 2 is 2.21 bits per heavy atom. The molecule has 0 N–H and O–H groups in total. The Morgan fingerprint density at radius 1 is 1.50 bits per heavy atom. The van der Waals surface area contributed by atoms with E-state index in [2.05, 4.69) is 5.10 Å². The molecular weight excluding hydrogens is 213 g/mol. The molecule has 0 bridgehead atoms. The van der Waals surface area contributed by atoms with Gasteiger partial charge in [0.25, 0.3) is 0 Å². The van der Waals surface area contributed by atoms with Crippen LogP contribution in [0.5, 0.6) is 0 Å². The molecule has 0 radical (unpaired) electrons. The van der Waals surface area contributed by atoms with Gasteiger partial charge in [0.1, 0.15) is 0 Å². The fourth-order valence-corrected chi connectivity index (χ4v) is 1.54. The van der Waals surface area contributed by atoms with Crippen LogP contribution in [0.25, 0.3) is 0 Å². The largest absolute Gasteiger partial charge is 0.435 e. The van der Waals surface area contributed by atoms with E-state index in [1.165, 1.54) is 10.9 Å². The lowest BCUT2D eigenvalue weighted by molar-refractivity contribution is -0.141. The van der Waals surface area contributed by atoms with E-state index in [9.17, 15) is 13.2 Å². The van der Waals surface area contributed by atoms with Crippen molar-refractivity contribution in [1.29, 1.82) is 0 Å². The monoisotopic (exact) mass is 224 g/mol. The molecule has 6 heteroatoms. The van der Waals surface area contributed by atoms with Crippen LogP contribution in [0.2, 0.25) is 0 Å². The lowest BCUT2D eigenvalue weighted by atomic mass is 10.4. The summed E-state index contributed by atoms with van der Waals surface area (Å²) in [4.78, 5) is 0. The van der Waals surface area contributed by atoms with Crippen molar-refractivity contribution in [2.24, 2.45) is 0 Å². The van der Waals surface area contributed by atoms with E-state index in [4.69, 9.17) is 0 Å². The van der Waals surface area contributed by atoms with Crippen LogP contribution >= 0.6 is 11.8 Å². The second-order valence-electron chi connectivity index (χ2n) is 2.66. The first-order valence-corrected chi connectivity index (χ1v) is 5.38.